The van der Waals surface area contributed by atoms with Gasteiger partial charge in [0.1, 0.15) is 6.33 Å². The largest absolute Gasteiger partial charge is 0.330 e. The average Bonchev–Trinajstić information content (AvgIpc) is 2.63. The van der Waals surface area contributed by atoms with Crippen LogP contribution in [0.4, 0.5) is 0 Å². The van der Waals surface area contributed by atoms with Crippen molar-refractivity contribution in [3.05, 3.63) is 30.4 Å². The normalized spacial score (nSPS) is 13.6. The second-order valence-corrected chi connectivity index (χ2v) is 4.09. The first-order valence-corrected chi connectivity index (χ1v) is 5.21. The molecule has 2 N–H and O–H groups in total. The lowest BCUT2D eigenvalue weighted by atomic mass is 9.93. The quantitative estimate of drug-likeness (QED) is 0.822. The first kappa shape index (κ1) is 10.1. The third-order valence-corrected chi connectivity index (χ3v) is 2.79. The predicted octanol–water partition coefficient (Wildman–Crippen LogP) is 1.43. The maximum absolute atomic E-state index is 5.80. The Hall–Kier alpha value is -1.42. The number of hydrogen-bond acceptors (Lipinski definition) is 3. The van der Waals surface area contributed by atoms with Gasteiger partial charge < -0.3 is 5.73 Å². The summed E-state index contributed by atoms with van der Waals surface area (Å²) in [5, 5.41) is 4.24. The van der Waals surface area contributed by atoms with E-state index < -0.39 is 0 Å². The fraction of sp³-hybridized carbons (Fsp3) is 0.455. The molecule has 0 spiro atoms. The number of hydrogen-bond donors (Lipinski definition) is 1. The van der Waals surface area contributed by atoms with Crippen molar-refractivity contribution in [1.29, 1.82) is 0 Å². The molecule has 0 radical (unpaired) electrons. The van der Waals surface area contributed by atoms with Crippen LogP contribution in [0.3, 0.4) is 0 Å². The summed E-state index contributed by atoms with van der Waals surface area (Å²) in [6.45, 7) is 5.00. The molecule has 0 bridgehead atoms. The summed E-state index contributed by atoms with van der Waals surface area (Å²) in [7, 11) is 0. The number of nitrogens with two attached hydrogens (primary N) is 1. The molecule has 0 fully saturated rings. The minimum absolute atomic E-state index is 0.349. The van der Waals surface area contributed by atoms with Crippen LogP contribution in [0, 0.1) is 5.92 Å². The Morgan fingerprint density at radius 2 is 2.20 bits per heavy atom. The number of aromatic nitrogens is 3. The molecule has 0 saturated carbocycles. The Labute approximate surface area is 89.1 Å². The van der Waals surface area contributed by atoms with E-state index in [0.29, 0.717) is 18.4 Å². The third-order valence-electron chi connectivity index (χ3n) is 2.79. The van der Waals surface area contributed by atoms with Crippen LogP contribution in [0.2, 0.25) is 0 Å². The Morgan fingerprint density at radius 1 is 1.40 bits per heavy atom. The molecule has 2 heterocycles. The molecular formula is C11H16N4. The summed E-state index contributed by atoms with van der Waals surface area (Å²) >= 11 is 0. The highest BCUT2D eigenvalue weighted by Gasteiger charge is 2.17. The van der Waals surface area contributed by atoms with Gasteiger partial charge >= 0.3 is 0 Å². The van der Waals surface area contributed by atoms with Crippen molar-refractivity contribution in [3.8, 4) is 0 Å². The zero-order valence-electron chi connectivity index (χ0n) is 9.09. The van der Waals surface area contributed by atoms with Crippen molar-refractivity contribution in [2.75, 3.05) is 6.54 Å². The summed E-state index contributed by atoms with van der Waals surface area (Å²) < 4.78 is 1.92. The van der Waals surface area contributed by atoms with E-state index in [1.54, 1.807) is 6.33 Å². The molecule has 2 aromatic rings. The smallest absolute Gasteiger partial charge is 0.136 e. The summed E-state index contributed by atoms with van der Waals surface area (Å²) in [5.41, 5.74) is 7.99. The first-order valence-electron chi connectivity index (χ1n) is 5.21. The van der Waals surface area contributed by atoms with Crippen LogP contribution in [0.25, 0.3) is 5.52 Å². The van der Waals surface area contributed by atoms with Crippen molar-refractivity contribution in [2.24, 2.45) is 11.7 Å². The van der Waals surface area contributed by atoms with E-state index in [-0.39, 0.29) is 0 Å². The number of nitrogens with zero attached hydrogens (tertiary/aromatic N) is 3. The maximum atomic E-state index is 5.80. The van der Waals surface area contributed by atoms with Crippen molar-refractivity contribution < 1.29 is 0 Å². The van der Waals surface area contributed by atoms with Gasteiger partial charge in [-0.25, -0.2) is 9.50 Å². The van der Waals surface area contributed by atoms with Gasteiger partial charge in [0.2, 0.25) is 0 Å². The van der Waals surface area contributed by atoms with Crippen LogP contribution >= 0.6 is 0 Å². The van der Waals surface area contributed by atoms with Crippen molar-refractivity contribution >= 4 is 5.52 Å². The molecule has 0 aliphatic heterocycles. The molecule has 0 saturated heterocycles. The van der Waals surface area contributed by atoms with E-state index in [2.05, 4.69) is 30.0 Å². The highest BCUT2D eigenvalue weighted by molar-refractivity contribution is 5.46. The highest BCUT2D eigenvalue weighted by atomic mass is 15.2. The van der Waals surface area contributed by atoms with Gasteiger partial charge in [-0.2, -0.15) is 5.10 Å². The zero-order chi connectivity index (χ0) is 10.8. The van der Waals surface area contributed by atoms with Crippen LogP contribution < -0.4 is 5.73 Å². The SMILES string of the molecule is CC(C)C(CN)c1ccc2cncnn12. The van der Waals surface area contributed by atoms with E-state index in [1.807, 2.05) is 16.8 Å². The molecule has 0 aliphatic carbocycles. The minimum atomic E-state index is 0.349. The Morgan fingerprint density at radius 3 is 2.87 bits per heavy atom. The van der Waals surface area contributed by atoms with Gasteiger partial charge in [0.05, 0.1) is 11.7 Å². The van der Waals surface area contributed by atoms with Gasteiger partial charge in [-0.1, -0.05) is 13.8 Å². The fourth-order valence-corrected chi connectivity index (χ4v) is 1.90. The van der Waals surface area contributed by atoms with E-state index in [1.165, 1.54) is 5.69 Å². The molecule has 1 atom stereocenters. The van der Waals surface area contributed by atoms with Gasteiger partial charge in [0, 0.05) is 18.2 Å². The maximum Gasteiger partial charge on any atom is 0.136 e. The predicted molar refractivity (Wildman–Crippen MR) is 59.6 cm³/mol. The molecular weight excluding hydrogens is 188 g/mol. The highest BCUT2D eigenvalue weighted by Crippen LogP contribution is 2.24. The number of fused-ring (bicyclic) bond motifs is 1. The van der Waals surface area contributed by atoms with E-state index in [9.17, 15) is 0 Å². The lowest BCUT2D eigenvalue weighted by molar-refractivity contribution is 0.487. The molecule has 0 aliphatic rings. The molecule has 0 aromatic carbocycles. The second-order valence-electron chi connectivity index (χ2n) is 4.09. The molecule has 2 aromatic heterocycles. The summed E-state index contributed by atoms with van der Waals surface area (Å²) in [4.78, 5) is 3.99. The van der Waals surface area contributed by atoms with Crippen LogP contribution in [0.1, 0.15) is 25.5 Å². The Bertz CT molecular complexity index is 447. The van der Waals surface area contributed by atoms with Crippen LogP contribution in [-0.4, -0.2) is 21.1 Å². The van der Waals surface area contributed by atoms with Gasteiger partial charge in [0.25, 0.3) is 0 Å². The molecule has 4 nitrogen and oxygen atoms in total. The average molecular weight is 204 g/mol. The Balaban J connectivity index is 2.51. The van der Waals surface area contributed by atoms with Gasteiger partial charge in [-0.15, -0.1) is 0 Å². The Kier molecular flexibility index (Phi) is 2.68. The van der Waals surface area contributed by atoms with E-state index in [0.717, 1.165) is 5.52 Å². The van der Waals surface area contributed by atoms with Gasteiger partial charge in [-0.05, 0) is 18.1 Å². The second kappa shape index (κ2) is 3.98. The van der Waals surface area contributed by atoms with Crippen LogP contribution in [-0.2, 0) is 0 Å². The molecule has 2 rings (SSSR count). The van der Waals surface area contributed by atoms with Crippen molar-refractivity contribution in [3.63, 3.8) is 0 Å². The molecule has 0 amide bonds. The lowest BCUT2D eigenvalue weighted by Gasteiger charge is -2.18. The molecule has 4 heteroatoms. The van der Waals surface area contributed by atoms with E-state index >= 15 is 0 Å². The third kappa shape index (κ3) is 1.72. The van der Waals surface area contributed by atoms with E-state index in [4.69, 9.17) is 5.73 Å². The van der Waals surface area contributed by atoms with Gasteiger partial charge in [0.15, 0.2) is 0 Å². The molecule has 15 heavy (non-hydrogen) atoms. The van der Waals surface area contributed by atoms with Gasteiger partial charge in [-0.3, -0.25) is 0 Å². The monoisotopic (exact) mass is 204 g/mol. The van der Waals surface area contributed by atoms with Crippen molar-refractivity contribution in [2.45, 2.75) is 19.8 Å². The summed E-state index contributed by atoms with van der Waals surface area (Å²) in [6.07, 6.45) is 3.37. The van der Waals surface area contributed by atoms with Crippen molar-refractivity contribution in [1.82, 2.24) is 14.6 Å². The minimum Gasteiger partial charge on any atom is -0.330 e. The summed E-state index contributed by atoms with van der Waals surface area (Å²) in [5.74, 6) is 0.866. The van der Waals surface area contributed by atoms with Crippen LogP contribution in [0.5, 0.6) is 0 Å². The van der Waals surface area contributed by atoms with Crippen LogP contribution in [0.15, 0.2) is 24.7 Å². The fourth-order valence-electron chi connectivity index (χ4n) is 1.90. The standard InChI is InChI=1S/C11H16N4/c1-8(2)10(5-12)11-4-3-9-6-13-7-14-15(9)11/h3-4,6-8,10H,5,12H2,1-2H3. The number of rotatable bonds is 3. The zero-order valence-corrected chi connectivity index (χ0v) is 9.09. The topological polar surface area (TPSA) is 56.2 Å². The molecule has 1 unspecified atom stereocenters. The lowest BCUT2D eigenvalue weighted by Crippen LogP contribution is -2.19. The summed E-state index contributed by atoms with van der Waals surface area (Å²) in [6, 6.07) is 4.11. The first-order chi connectivity index (χ1) is 7.24. The molecule has 80 valence electrons.